The third-order valence-corrected chi connectivity index (χ3v) is 3.60. The summed E-state index contributed by atoms with van der Waals surface area (Å²) in [5, 5.41) is 3.42. The molecule has 0 aliphatic heterocycles. The summed E-state index contributed by atoms with van der Waals surface area (Å²) >= 11 is 3.46. The number of benzene rings is 2. The lowest BCUT2D eigenvalue weighted by atomic mass is 10.0. The van der Waals surface area contributed by atoms with Crippen molar-refractivity contribution < 1.29 is 9.53 Å². The van der Waals surface area contributed by atoms with Crippen molar-refractivity contribution in [1.29, 1.82) is 0 Å². The number of esters is 1. The summed E-state index contributed by atoms with van der Waals surface area (Å²) in [4.78, 5) is 11.8. The molecule has 1 atom stereocenters. The molecule has 0 bridgehead atoms. The maximum absolute atomic E-state index is 11.8. The molecule has 0 radical (unpaired) electrons. The average molecular weight is 385 g/mol. The molecule has 0 saturated heterocycles. The molecular formula is C17H19BrClNO2. The van der Waals surface area contributed by atoms with Crippen LogP contribution in [-0.4, -0.2) is 12.6 Å². The second-order valence-corrected chi connectivity index (χ2v) is 5.64. The van der Waals surface area contributed by atoms with Crippen LogP contribution in [0.1, 0.15) is 35.8 Å². The van der Waals surface area contributed by atoms with E-state index in [1.165, 1.54) is 0 Å². The third kappa shape index (κ3) is 5.04. The third-order valence-electron chi connectivity index (χ3n) is 3.11. The predicted octanol–water partition coefficient (Wildman–Crippen LogP) is 5.22. The fraction of sp³-hybridized carbons (Fsp3) is 0.235. The summed E-state index contributed by atoms with van der Waals surface area (Å²) in [5.74, 6) is -0.283. The van der Waals surface area contributed by atoms with Crippen LogP contribution in [0.2, 0.25) is 0 Å². The van der Waals surface area contributed by atoms with E-state index in [9.17, 15) is 4.79 Å². The number of hydrogen-bond acceptors (Lipinski definition) is 3. The highest BCUT2D eigenvalue weighted by Crippen LogP contribution is 2.22. The molecule has 3 nitrogen and oxygen atoms in total. The van der Waals surface area contributed by atoms with Gasteiger partial charge in [0, 0.05) is 16.2 Å². The Hall–Kier alpha value is -1.52. The highest BCUT2D eigenvalue weighted by atomic mass is 79.9. The lowest BCUT2D eigenvalue weighted by molar-refractivity contribution is 0.0526. The summed E-state index contributed by atoms with van der Waals surface area (Å²) in [6, 6.07) is 15.6. The van der Waals surface area contributed by atoms with Crippen LogP contribution < -0.4 is 5.32 Å². The van der Waals surface area contributed by atoms with E-state index in [0.717, 1.165) is 15.7 Å². The molecule has 0 aliphatic rings. The van der Waals surface area contributed by atoms with Crippen molar-refractivity contribution in [2.75, 3.05) is 11.9 Å². The van der Waals surface area contributed by atoms with Gasteiger partial charge in [0.25, 0.3) is 0 Å². The molecular weight excluding hydrogens is 366 g/mol. The minimum atomic E-state index is -0.283. The van der Waals surface area contributed by atoms with Crippen LogP contribution in [0.15, 0.2) is 53.0 Å². The topological polar surface area (TPSA) is 38.3 Å². The second kappa shape index (κ2) is 8.81. The van der Waals surface area contributed by atoms with E-state index in [1.54, 1.807) is 13.0 Å². The van der Waals surface area contributed by atoms with Gasteiger partial charge in [0.2, 0.25) is 0 Å². The van der Waals surface area contributed by atoms with Crippen LogP contribution in [-0.2, 0) is 4.74 Å². The minimum absolute atomic E-state index is 0. The Balaban J connectivity index is 0.00000242. The van der Waals surface area contributed by atoms with Crippen LogP contribution in [0.3, 0.4) is 0 Å². The van der Waals surface area contributed by atoms with E-state index >= 15 is 0 Å². The van der Waals surface area contributed by atoms with Crippen LogP contribution in [0.4, 0.5) is 5.69 Å². The number of nitrogens with one attached hydrogen (secondary N) is 1. The standard InChI is InChI=1S/C17H18BrNO2.ClH/c1-3-21-17(20)14-7-4-6-13(10-14)12(2)19-16-9-5-8-15(18)11-16;/h4-12,19H,3H2,1-2H3;1H/t12-;/m0./s1. The first-order chi connectivity index (χ1) is 10.1. The first-order valence-corrected chi connectivity index (χ1v) is 7.68. The van der Waals surface area contributed by atoms with Crippen LogP contribution in [0, 0.1) is 0 Å². The van der Waals surface area contributed by atoms with Crippen molar-refractivity contribution in [1.82, 2.24) is 0 Å². The zero-order valence-corrected chi connectivity index (χ0v) is 14.9. The summed E-state index contributed by atoms with van der Waals surface area (Å²) in [6.45, 7) is 4.25. The number of rotatable bonds is 5. The van der Waals surface area contributed by atoms with Crippen molar-refractivity contribution in [3.05, 3.63) is 64.1 Å². The average Bonchev–Trinajstić information content (AvgIpc) is 2.47. The summed E-state index contributed by atoms with van der Waals surface area (Å²) < 4.78 is 6.06. The molecule has 5 heteroatoms. The Morgan fingerprint density at radius 1 is 1.23 bits per heavy atom. The van der Waals surface area contributed by atoms with Crippen LogP contribution >= 0.6 is 28.3 Å². The second-order valence-electron chi connectivity index (χ2n) is 4.72. The number of halogens is 2. The molecule has 0 spiro atoms. The highest BCUT2D eigenvalue weighted by molar-refractivity contribution is 9.10. The number of anilines is 1. The summed E-state index contributed by atoms with van der Waals surface area (Å²) in [6.07, 6.45) is 0. The molecule has 0 unspecified atom stereocenters. The quantitative estimate of drug-likeness (QED) is 0.718. The molecule has 0 aliphatic carbocycles. The normalized spacial score (nSPS) is 11.2. The number of carbonyl (C=O) groups excluding carboxylic acids is 1. The predicted molar refractivity (Wildman–Crippen MR) is 95.8 cm³/mol. The SMILES string of the molecule is CCOC(=O)c1cccc([C@H](C)Nc2cccc(Br)c2)c1.Cl. The zero-order valence-electron chi connectivity index (χ0n) is 12.5. The lowest BCUT2D eigenvalue weighted by Crippen LogP contribution is -2.09. The maximum Gasteiger partial charge on any atom is 0.338 e. The van der Waals surface area contributed by atoms with Gasteiger partial charge in [-0.25, -0.2) is 4.79 Å². The van der Waals surface area contributed by atoms with Gasteiger partial charge in [-0.1, -0.05) is 34.1 Å². The molecule has 2 aromatic carbocycles. The van der Waals surface area contributed by atoms with Gasteiger partial charge >= 0.3 is 5.97 Å². The van der Waals surface area contributed by atoms with Crippen molar-refractivity contribution in [2.45, 2.75) is 19.9 Å². The van der Waals surface area contributed by atoms with Gasteiger partial charge in [0.1, 0.15) is 0 Å². The Morgan fingerprint density at radius 3 is 2.64 bits per heavy atom. The van der Waals surface area contributed by atoms with Crippen molar-refractivity contribution in [3.8, 4) is 0 Å². The zero-order chi connectivity index (χ0) is 15.2. The highest BCUT2D eigenvalue weighted by Gasteiger charge is 2.10. The lowest BCUT2D eigenvalue weighted by Gasteiger charge is -2.16. The smallest absolute Gasteiger partial charge is 0.338 e. The van der Waals surface area contributed by atoms with Gasteiger partial charge in [-0.2, -0.15) is 0 Å². The van der Waals surface area contributed by atoms with E-state index in [-0.39, 0.29) is 24.4 Å². The molecule has 22 heavy (non-hydrogen) atoms. The van der Waals surface area contributed by atoms with Crippen molar-refractivity contribution in [2.24, 2.45) is 0 Å². The molecule has 0 fully saturated rings. The minimum Gasteiger partial charge on any atom is -0.462 e. The van der Waals surface area contributed by atoms with Crippen LogP contribution in [0.5, 0.6) is 0 Å². The molecule has 118 valence electrons. The molecule has 0 saturated carbocycles. The monoisotopic (exact) mass is 383 g/mol. The van der Waals surface area contributed by atoms with Gasteiger partial charge in [0.05, 0.1) is 12.2 Å². The first-order valence-electron chi connectivity index (χ1n) is 6.89. The van der Waals surface area contributed by atoms with Gasteiger partial charge in [-0.05, 0) is 49.7 Å². The van der Waals surface area contributed by atoms with Crippen molar-refractivity contribution >= 4 is 40.0 Å². The molecule has 0 amide bonds. The van der Waals surface area contributed by atoms with E-state index in [0.29, 0.717) is 12.2 Å². The fourth-order valence-corrected chi connectivity index (χ4v) is 2.46. The Bertz CT molecular complexity index is 634. The summed E-state index contributed by atoms with van der Waals surface area (Å²) in [7, 11) is 0. The molecule has 2 rings (SSSR count). The molecule has 0 heterocycles. The van der Waals surface area contributed by atoms with Crippen LogP contribution in [0.25, 0.3) is 0 Å². The Morgan fingerprint density at radius 2 is 1.95 bits per heavy atom. The van der Waals surface area contributed by atoms with E-state index in [4.69, 9.17) is 4.74 Å². The molecule has 1 N–H and O–H groups in total. The Kier molecular flexibility index (Phi) is 7.42. The van der Waals surface area contributed by atoms with Gasteiger partial charge in [-0.3, -0.25) is 0 Å². The molecule has 2 aromatic rings. The largest absolute Gasteiger partial charge is 0.462 e. The number of carbonyl (C=O) groups is 1. The van der Waals surface area contributed by atoms with Gasteiger partial charge < -0.3 is 10.1 Å². The van der Waals surface area contributed by atoms with Gasteiger partial charge in [0.15, 0.2) is 0 Å². The molecule has 0 aromatic heterocycles. The summed E-state index contributed by atoms with van der Waals surface area (Å²) in [5.41, 5.74) is 2.65. The van der Waals surface area contributed by atoms with Gasteiger partial charge in [-0.15, -0.1) is 12.4 Å². The maximum atomic E-state index is 11.8. The van der Waals surface area contributed by atoms with E-state index in [1.807, 2.05) is 42.5 Å². The number of ether oxygens (including phenoxy) is 1. The van der Waals surface area contributed by atoms with Crippen molar-refractivity contribution in [3.63, 3.8) is 0 Å². The fourth-order valence-electron chi connectivity index (χ4n) is 2.06. The Labute approximate surface area is 145 Å². The number of hydrogen-bond donors (Lipinski definition) is 1. The first kappa shape index (κ1) is 18.5. The van der Waals surface area contributed by atoms with E-state index in [2.05, 4.69) is 28.2 Å². The van der Waals surface area contributed by atoms with E-state index < -0.39 is 0 Å².